The van der Waals surface area contributed by atoms with Crippen molar-refractivity contribution in [2.45, 2.75) is 12.8 Å². The van der Waals surface area contributed by atoms with Gasteiger partial charge in [0.25, 0.3) is 5.69 Å². The van der Waals surface area contributed by atoms with Crippen LogP contribution in [-0.2, 0) is 0 Å². The SMILES string of the molecule is F[B-](F)(F)F.O=[N+]([O-])c1ccc(-c2nsc(=[N+]3CCCC3)s2)cc1. The van der Waals surface area contributed by atoms with Crippen molar-refractivity contribution < 1.29 is 22.2 Å². The average Bonchev–Trinajstić information content (AvgIpc) is 3.17. The Labute approximate surface area is 142 Å². The fraction of sp³-hybridized carbons (Fsp3) is 0.333. The third-order valence-electron chi connectivity index (χ3n) is 3.08. The van der Waals surface area contributed by atoms with E-state index in [0.717, 1.165) is 23.7 Å². The van der Waals surface area contributed by atoms with Crippen LogP contribution < -0.4 is 8.56 Å². The fourth-order valence-electron chi connectivity index (χ4n) is 2.06. The number of non-ortho nitro benzene ring substituents is 1. The Hall–Kier alpha value is -1.82. The van der Waals surface area contributed by atoms with Gasteiger partial charge in [-0.2, -0.15) is 4.37 Å². The third kappa shape index (κ3) is 5.67. The van der Waals surface area contributed by atoms with E-state index in [1.807, 2.05) is 0 Å². The van der Waals surface area contributed by atoms with Crippen molar-refractivity contribution in [1.82, 2.24) is 8.95 Å². The summed E-state index contributed by atoms with van der Waals surface area (Å²) in [5.74, 6) is 0. The van der Waals surface area contributed by atoms with Gasteiger partial charge in [0.2, 0.25) is 0 Å². The summed E-state index contributed by atoms with van der Waals surface area (Å²) in [7, 11) is -6.00. The monoisotopic (exact) mass is 381 g/mol. The highest BCUT2D eigenvalue weighted by Gasteiger charge is 2.20. The highest BCUT2D eigenvalue weighted by atomic mass is 32.2. The second-order valence-electron chi connectivity index (χ2n) is 4.85. The first-order chi connectivity index (χ1) is 11.2. The predicted octanol–water partition coefficient (Wildman–Crippen LogP) is 3.65. The lowest BCUT2D eigenvalue weighted by molar-refractivity contribution is -0.384. The predicted molar refractivity (Wildman–Crippen MR) is 86.5 cm³/mol. The van der Waals surface area contributed by atoms with Gasteiger partial charge in [-0.25, -0.2) is 4.58 Å². The molecule has 0 radical (unpaired) electrons. The van der Waals surface area contributed by atoms with Crippen LogP contribution in [0, 0.1) is 10.1 Å². The van der Waals surface area contributed by atoms with E-state index in [4.69, 9.17) is 0 Å². The molecule has 0 spiro atoms. The van der Waals surface area contributed by atoms with Crippen molar-refractivity contribution in [3.8, 4) is 10.6 Å². The minimum Gasteiger partial charge on any atom is -0.418 e. The minimum atomic E-state index is -6.00. The average molecular weight is 381 g/mol. The van der Waals surface area contributed by atoms with E-state index in [0.29, 0.717) is 0 Å². The Balaban J connectivity index is 0.000000368. The molecular weight excluding hydrogens is 369 g/mol. The molecule has 1 fully saturated rings. The smallest absolute Gasteiger partial charge is 0.418 e. The molecule has 0 atom stereocenters. The molecule has 1 aliphatic heterocycles. The molecule has 24 heavy (non-hydrogen) atoms. The lowest BCUT2D eigenvalue weighted by Crippen LogP contribution is -2.21. The van der Waals surface area contributed by atoms with E-state index in [-0.39, 0.29) is 10.6 Å². The fourth-order valence-corrected chi connectivity index (χ4v) is 4.11. The Morgan fingerprint density at radius 2 is 1.67 bits per heavy atom. The molecule has 1 aromatic carbocycles. The van der Waals surface area contributed by atoms with Crippen LogP contribution in [0.5, 0.6) is 0 Å². The highest BCUT2D eigenvalue weighted by molar-refractivity contribution is 7.25. The van der Waals surface area contributed by atoms with E-state index in [2.05, 4.69) is 8.95 Å². The van der Waals surface area contributed by atoms with Crippen molar-refractivity contribution in [3.63, 3.8) is 0 Å². The van der Waals surface area contributed by atoms with E-state index in [1.54, 1.807) is 23.5 Å². The molecule has 12 heteroatoms. The van der Waals surface area contributed by atoms with E-state index in [9.17, 15) is 27.4 Å². The molecule has 2 heterocycles. The van der Waals surface area contributed by atoms with Gasteiger partial charge in [-0.1, -0.05) is 0 Å². The first-order valence-electron chi connectivity index (χ1n) is 6.91. The van der Waals surface area contributed by atoms with E-state index >= 15 is 0 Å². The van der Waals surface area contributed by atoms with Gasteiger partial charge >= 0.3 is 11.2 Å². The molecule has 3 rings (SSSR count). The lowest BCUT2D eigenvalue weighted by Gasteiger charge is -1.94. The molecule has 2 aromatic rings. The number of hydrogen-bond acceptors (Lipinski definition) is 5. The second-order valence-corrected chi connectivity index (χ2v) is 6.84. The van der Waals surface area contributed by atoms with Crippen LogP contribution in [0.15, 0.2) is 24.3 Å². The van der Waals surface area contributed by atoms with Gasteiger partial charge in [-0.3, -0.25) is 10.1 Å². The topological polar surface area (TPSA) is 59.0 Å². The summed E-state index contributed by atoms with van der Waals surface area (Å²) in [5.41, 5.74) is 1.06. The summed E-state index contributed by atoms with van der Waals surface area (Å²) < 4.78 is 47.0. The van der Waals surface area contributed by atoms with Crippen molar-refractivity contribution in [2.75, 3.05) is 13.1 Å². The first-order valence-corrected chi connectivity index (χ1v) is 8.50. The minimum absolute atomic E-state index is 0.115. The van der Waals surface area contributed by atoms with Crippen LogP contribution in [0.3, 0.4) is 0 Å². The molecule has 130 valence electrons. The molecule has 0 saturated carbocycles. The maximum absolute atomic E-state index is 10.6. The number of nitrogens with zero attached hydrogens (tertiary/aromatic N) is 3. The molecule has 5 nitrogen and oxygen atoms in total. The number of nitro benzene ring substituents is 1. The summed E-state index contributed by atoms with van der Waals surface area (Å²) in [6.45, 7) is 2.22. The number of rotatable bonds is 2. The normalized spacial score (nSPS) is 14.2. The zero-order valence-corrected chi connectivity index (χ0v) is 13.8. The van der Waals surface area contributed by atoms with Crippen LogP contribution >= 0.6 is 22.9 Å². The van der Waals surface area contributed by atoms with Gasteiger partial charge < -0.3 is 17.3 Å². The quantitative estimate of drug-likeness (QED) is 0.262. The molecule has 0 amide bonds. The Kier molecular flexibility index (Phi) is 6.05. The van der Waals surface area contributed by atoms with Crippen LogP contribution in [0.4, 0.5) is 23.0 Å². The summed E-state index contributed by atoms with van der Waals surface area (Å²) in [5, 5.41) is 11.5. The van der Waals surface area contributed by atoms with Crippen molar-refractivity contribution in [2.24, 2.45) is 0 Å². The summed E-state index contributed by atoms with van der Waals surface area (Å²) in [6, 6.07) is 6.57. The van der Waals surface area contributed by atoms with Crippen molar-refractivity contribution >= 4 is 35.8 Å². The molecular formula is C12H12BF4N3O2S2. The largest absolute Gasteiger partial charge is 0.673 e. The standard InChI is InChI=1S/C12H12N3O2S2.BF4/c16-15(17)10-5-3-9(4-6-10)11-13-19-12(18-11)14-7-1-2-8-14;2-1(3,4)5/h3-6H,1-2,7-8H2;/q+1;-1. The van der Waals surface area contributed by atoms with Crippen LogP contribution in [0.1, 0.15) is 12.8 Å². The second kappa shape index (κ2) is 7.84. The van der Waals surface area contributed by atoms with Crippen LogP contribution in [-0.4, -0.2) is 29.6 Å². The van der Waals surface area contributed by atoms with E-state index < -0.39 is 7.25 Å². The van der Waals surface area contributed by atoms with Gasteiger partial charge in [-0.15, -0.1) is 0 Å². The van der Waals surface area contributed by atoms with E-state index in [1.165, 1.54) is 40.5 Å². The van der Waals surface area contributed by atoms with Gasteiger partial charge in [-0.05, 0) is 23.5 Å². The van der Waals surface area contributed by atoms with Crippen molar-refractivity contribution in [1.29, 1.82) is 0 Å². The number of nitro groups is 1. The molecule has 0 N–H and O–H groups in total. The zero-order chi connectivity index (χ0) is 17.7. The summed E-state index contributed by atoms with van der Waals surface area (Å²) >= 11 is 3.17. The summed E-state index contributed by atoms with van der Waals surface area (Å²) in [4.78, 5) is 10.2. The Bertz CT molecular complexity index is 760. The van der Waals surface area contributed by atoms with Gasteiger partial charge in [0, 0.05) is 42.1 Å². The van der Waals surface area contributed by atoms with Gasteiger partial charge in [0.05, 0.1) is 4.92 Å². The lowest BCUT2D eigenvalue weighted by atomic mass is 10.2. The Morgan fingerprint density at radius 1 is 1.12 bits per heavy atom. The Morgan fingerprint density at radius 3 is 2.17 bits per heavy atom. The third-order valence-corrected chi connectivity index (χ3v) is 5.31. The number of hydrogen-bond donors (Lipinski definition) is 0. The first kappa shape index (κ1) is 18.5. The zero-order valence-electron chi connectivity index (χ0n) is 12.2. The molecule has 0 aliphatic carbocycles. The van der Waals surface area contributed by atoms with Gasteiger partial charge in [0.1, 0.15) is 18.1 Å². The molecule has 0 bridgehead atoms. The number of halogens is 4. The molecule has 1 aromatic heterocycles. The molecule has 0 unspecified atom stereocenters. The van der Waals surface area contributed by atoms with Crippen LogP contribution in [0.2, 0.25) is 0 Å². The maximum atomic E-state index is 10.6. The maximum Gasteiger partial charge on any atom is 0.673 e. The molecule has 1 saturated heterocycles. The van der Waals surface area contributed by atoms with Gasteiger partial charge in [0.15, 0.2) is 0 Å². The highest BCUT2D eigenvalue weighted by Crippen LogP contribution is 2.23. The summed E-state index contributed by atoms with van der Waals surface area (Å²) in [6.07, 6.45) is 2.50. The number of aromatic nitrogens is 1. The molecule has 1 aliphatic rings. The van der Waals surface area contributed by atoms with Crippen LogP contribution in [0.25, 0.3) is 10.6 Å². The van der Waals surface area contributed by atoms with Crippen molar-refractivity contribution in [3.05, 3.63) is 38.4 Å². The number of benzene rings is 1.